The van der Waals surface area contributed by atoms with Crippen LogP contribution in [0.5, 0.6) is 0 Å². The van der Waals surface area contributed by atoms with E-state index >= 15 is 0 Å². The molecular formula is C11H11Cl3F3NO2S. The Hall–Kier alpha value is -0.210. The second kappa shape index (κ2) is 6.91. The number of nitrogens with zero attached hydrogens (tertiary/aromatic N) is 1. The molecule has 10 heteroatoms. The molecule has 1 rings (SSSR count). The molecule has 0 saturated carbocycles. The summed E-state index contributed by atoms with van der Waals surface area (Å²) in [4.78, 5) is -0.449. The Morgan fingerprint density at radius 1 is 1.24 bits per heavy atom. The van der Waals surface area contributed by atoms with Gasteiger partial charge in [0, 0.05) is 17.1 Å². The van der Waals surface area contributed by atoms with Crippen LogP contribution < -0.4 is 0 Å². The van der Waals surface area contributed by atoms with Crippen LogP contribution in [0.4, 0.5) is 13.2 Å². The molecule has 0 saturated heterocycles. The lowest BCUT2D eigenvalue weighted by Crippen LogP contribution is -2.38. The van der Waals surface area contributed by atoms with Crippen molar-refractivity contribution in [3.63, 3.8) is 0 Å². The summed E-state index contributed by atoms with van der Waals surface area (Å²) in [6.07, 6.45) is -4.66. The lowest BCUT2D eigenvalue weighted by atomic mass is 10.2. The minimum atomic E-state index is -4.66. The Kier molecular flexibility index (Phi) is 6.20. The first-order chi connectivity index (χ1) is 9.54. The van der Waals surface area contributed by atoms with Crippen LogP contribution in [0.25, 0.3) is 0 Å². The molecule has 0 N–H and O–H groups in total. The highest BCUT2D eigenvalue weighted by atomic mass is 35.5. The van der Waals surface area contributed by atoms with E-state index in [-0.39, 0.29) is 28.0 Å². The Labute approximate surface area is 135 Å². The third kappa shape index (κ3) is 4.39. The second-order valence-electron chi connectivity index (χ2n) is 4.02. The van der Waals surface area contributed by atoms with Gasteiger partial charge in [-0.05, 0) is 12.1 Å². The van der Waals surface area contributed by atoms with E-state index in [0.717, 1.165) is 6.07 Å². The molecule has 0 fully saturated rings. The van der Waals surface area contributed by atoms with Gasteiger partial charge in [-0.2, -0.15) is 17.5 Å². The zero-order chi connectivity index (χ0) is 16.4. The topological polar surface area (TPSA) is 37.4 Å². The zero-order valence-corrected chi connectivity index (χ0v) is 13.8. The predicted molar refractivity (Wildman–Crippen MR) is 76.5 cm³/mol. The summed E-state index contributed by atoms with van der Waals surface area (Å²) in [5, 5.41) is -0.119. The first kappa shape index (κ1) is 18.8. The summed E-state index contributed by atoms with van der Waals surface area (Å²) in [5.41, 5.74) is 0.157. The Balaban J connectivity index is 3.36. The quantitative estimate of drug-likeness (QED) is 0.710. The van der Waals surface area contributed by atoms with Gasteiger partial charge in [0.05, 0.1) is 10.9 Å². The predicted octanol–water partition coefficient (Wildman–Crippen LogP) is 4.31. The Bertz CT molecular complexity index is 620. The molecule has 1 aromatic carbocycles. The molecule has 0 aliphatic carbocycles. The summed E-state index contributed by atoms with van der Waals surface area (Å²) in [6, 6.07) is 2.30. The highest BCUT2D eigenvalue weighted by Crippen LogP contribution is 2.34. The van der Waals surface area contributed by atoms with Crippen molar-refractivity contribution in [2.75, 3.05) is 13.1 Å². The second-order valence-corrected chi connectivity index (χ2v) is 6.98. The van der Waals surface area contributed by atoms with Crippen LogP contribution in [-0.2, 0) is 15.9 Å². The van der Waals surface area contributed by atoms with Gasteiger partial charge >= 0.3 is 6.18 Å². The number of alkyl halides is 4. The van der Waals surface area contributed by atoms with Gasteiger partial charge in [0.25, 0.3) is 0 Å². The molecule has 0 amide bonds. The van der Waals surface area contributed by atoms with Gasteiger partial charge in [-0.3, -0.25) is 0 Å². The molecule has 0 aliphatic heterocycles. The van der Waals surface area contributed by atoms with E-state index < -0.39 is 27.6 Å². The summed E-state index contributed by atoms with van der Waals surface area (Å²) in [7, 11) is -4.40. The summed E-state index contributed by atoms with van der Waals surface area (Å²) >= 11 is 17.4. The number of hydrogen-bond acceptors (Lipinski definition) is 2. The van der Waals surface area contributed by atoms with Gasteiger partial charge in [-0.1, -0.05) is 30.1 Å². The van der Waals surface area contributed by atoms with E-state index in [9.17, 15) is 21.6 Å². The lowest BCUT2D eigenvalue weighted by Gasteiger charge is -2.23. The molecule has 120 valence electrons. The maximum atomic E-state index is 12.5. The van der Waals surface area contributed by atoms with Gasteiger partial charge in [0.1, 0.15) is 11.4 Å². The van der Waals surface area contributed by atoms with E-state index in [1.165, 1.54) is 13.0 Å². The molecule has 0 aromatic heterocycles. The molecule has 0 unspecified atom stereocenters. The fourth-order valence-electron chi connectivity index (χ4n) is 1.60. The zero-order valence-electron chi connectivity index (χ0n) is 10.7. The van der Waals surface area contributed by atoms with Crippen molar-refractivity contribution in [3.8, 4) is 0 Å². The Morgan fingerprint density at radius 3 is 2.24 bits per heavy atom. The van der Waals surface area contributed by atoms with Crippen LogP contribution in [0.3, 0.4) is 0 Å². The smallest absolute Gasteiger partial charge is 0.207 e. The van der Waals surface area contributed by atoms with Gasteiger partial charge in [0.2, 0.25) is 10.0 Å². The van der Waals surface area contributed by atoms with Crippen molar-refractivity contribution in [1.82, 2.24) is 4.31 Å². The monoisotopic (exact) mass is 383 g/mol. The van der Waals surface area contributed by atoms with Crippen molar-refractivity contribution < 1.29 is 21.6 Å². The summed E-state index contributed by atoms with van der Waals surface area (Å²) in [5.74, 6) is -0.160. The molecule has 0 atom stereocenters. The summed E-state index contributed by atoms with van der Waals surface area (Å²) in [6.45, 7) is -0.645. The maximum Gasteiger partial charge on any atom is 0.402 e. The van der Waals surface area contributed by atoms with Crippen LogP contribution >= 0.6 is 34.8 Å². The number of hydrogen-bond donors (Lipinski definition) is 0. The van der Waals surface area contributed by atoms with Crippen molar-refractivity contribution in [2.24, 2.45) is 0 Å². The molecule has 0 bridgehead atoms. The molecule has 0 radical (unpaired) electrons. The molecular weight excluding hydrogens is 374 g/mol. The molecule has 1 aromatic rings. The molecule has 0 heterocycles. The molecule has 0 spiro atoms. The minimum absolute atomic E-state index is 0.146. The van der Waals surface area contributed by atoms with Gasteiger partial charge < -0.3 is 0 Å². The highest BCUT2D eigenvalue weighted by Gasteiger charge is 2.37. The number of halogens is 6. The number of sulfonamides is 1. The van der Waals surface area contributed by atoms with E-state index in [0.29, 0.717) is 4.31 Å². The van der Waals surface area contributed by atoms with Crippen molar-refractivity contribution in [1.29, 1.82) is 0 Å². The van der Waals surface area contributed by atoms with Gasteiger partial charge in [0.15, 0.2) is 0 Å². The first-order valence-electron chi connectivity index (χ1n) is 5.64. The van der Waals surface area contributed by atoms with Crippen molar-refractivity contribution >= 4 is 44.8 Å². The largest absolute Gasteiger partial charge is 0.402 e. The van der Waals surface area contributed by atoms with Crippen LogP contribution in [-0.4, -0.2) is 32.0 Å². The number of benzene rings is 1. The fourth-order valence-corrected chi connectivity index (χ4v) is 4.34. The highest BCUT2D eigenvalue weighted by molar-refractivity contribution is 7.89. The molecule has 3 nitrogen and oxygen atoms in total. The SMILES string of the molecule is CCN(CC(F)(F)F)S(=O)(=O)c1ccc(Cl)c(CCl)c1Cl. The summed E-state index contributed by atoms with van der Waals surface area (Å²) < 4.78 is 62.3. The van der Waals surface area contributed by atoms with Crippen LogP contribution in [0.15, 0.2) is 17.0 Å². The van der Waals surface area contributed by atoms with Crippen molar-refractivity contribution in [2.45, 2.75) is 23.9 Å². The maximum absolute atomic E-state index is 12.5. The molecule has 21 heavy (non-hydrogen) atoms. The van der Waals surface area contributed by atoms with E-state index in [2.05, 4.69) is 0 Å². The van der Waals surface area contributed by atoms with E-state index in [1.807, 2.05) is 0 Å². The Morgan fingerprint density at radius 2 is 1.81 bits per heavy atom. The van der Waals surface area contributed by atoms with Crippen molar-refractivity contribution in [3.05, 3.63) is 27.7 Å². The molecule has 0 aliphatic rings. The average molecular weight is 385 g/mol. The van der Waals surface area contributed by atoms with E-state index in [4.69, 9.17) is 34.8 Å². The standard InChI is InChI=1S/C11H11Cl3F3NO2S/c1-2-18(6-11(15,16)17)21(19,20)9-4-3-8(13)7(5-12)10(9)14/h3-4H,2,5-6H2,1H3. The van der Waals surface area contributed by atoms with Crippen LogP contribution in [0.2, 0.25) is 10.0 Å². The first-order valence-corrected chi connectivity index (χ1v) is 8.37. The van der Waals surface area contributed by atoms with Crippen LogP contribution in [0, 0.1) is 0 Å². The third-order valence-corrected chi connectivity index (χ3v) is 5.74. The lowest BCUT2D eigenvalue weighted by molar-refractivity contribution is -0.135. The third-order valence-electron chi connectivity index (χ3n) is 2.61. The van der Waals surface area contributed by atoms with Crippen LogP contribution in [0.1, 0.15) is 12.5 Å². The van der Waals surface area contributed by atoms with Gasteiger partial charge in [-0.25, -0.2) is 8.42 Å². The fraction of sp³-hybridized carbons (Fsp3) is 0.455. The minimum Gasteiger partial charge on any atom is -0.207 e. The number of rotatable bonds is 5. The average Bonchev–Trinajstić information content (AvgIpc) is 2.34. The van der Waals surface area contributed by atoms with E-state index in [1.54, 1.807) is 0 Å². The normalized spacial score (nSPS) is 13.0. The van der Waals surface area contributed by atoms with Gasteiger partial charge in [-0.15, -0.1) is 11.6 Å².